The van der Waals surface area contributed by atoms with Crippen LogP contribution in [0.4, 0.5) is 10.1 Å². The Bertz CT molecular complexity index is 441. The van der Waals surface area contributed by atoms with E-state index < -0.39 is 0 Å². The van der Waals surface area contributed by atoms with Crippen molar-refractivity contribution >= 4 is 21.6 Å². The molecule has 0 amide bonds. The Labute approximate surface area is 99.7 Å². The van der Waals surface area contributed by atoms with Crippen molar-refractivity contribution in [2.75, 3.05) is 12.1 Å². The predicted molar refractivity (Wildman–Crippen MR) is 58.4 cm³/mol. The molecule has 0 atom stereocenters. The second-order valence-electron chi connectivity index (χ2n) is 3.04. The number of hydrogen-bond donors (Lipinski definition) is 2. The van der Waals surface area contributed by atoms with Gasteiger partial charge in [0, 0.05) is 7.05 Å². The monoisotopic (exact) mass is 289 g/mol. The van der Waals surface area contributed by atoms with Crippen molar-refractivity contribution < 1.29 is 14.5 Å². The maximum absolute atomic E-state index is 13.0. The van der Waals surface area contributed by atoms with Gasteiger partial charge in [-0.2, -0.15) is 5.06 Å². The van der Waals surface area contributed by atoms with E-state index in [1.165, 1.54) is 29.5 Å². The molecule has 2 N–H and O–H groups in total. The molecule has 2 rings (SSSR count). The average Bonchev–Trinajstić information content (AvgIpc) is 2.64. The Kier molecular flexibility index (Phi) is 2.99. The van der Waals surface area contributed by atoms with Crippen LogP contribution in [0.1, 0.15) is 0 Å². The molecule has 1 aliphatic heterocycles. The summed E-state index contributed by atoms with van der Waals surface area (Å²) in [5.74, 6) is 0.0158. The Morgan fingerprint density at radius 1 is 1.50 bits per heavy atom. The van der Waals surface area contributed by atoms with E-state index in [1.54, 1.807) is 7.05 Å². The summed E-state index contributed by atoms with van der Waals surface area (Å²) in [5, 5.41) is 13.9. The van der Waals surface area contributed by atoms with Gasteiger partial charge in [-0.1, -0.05) is 5.23 Å². The van der Waals surface area contributed by atoms with E-state index in [0.29, 0.717) is 21.2 Å². The average molecular weight is 290 g/mol. The van der Waals surface area contributed by atoms with Gasteiger partial charge in [-0.3, -0.25) is 5.21 Å². The molecule has 16 heavy (non-hydrogen) atoms. The molecular weight excluding hydrogens is 281 g/mol. The fourth-order valence-corrected chi connectivity index (χ4v) is 1.58. The molecule has 1 aromatic rings. The van der Waals surface area contributed by atoms with Crippen LogP contribution in [0.5, 0.6) is 0 Å². The second-order valence-corrected chi connectivity index (χ2v) is 3.90. The maximum atomic E-state index is 13.0. The summed E-state index contributed by atoms with van der Waals surface area (Å²) in [6, 6.07) is 4.37. The van der Waals surface area contributed by atoms with E-state index >= 15 is 0 Å². The summed E-state index contributed by atoms with van der Waals surface area (Å²) in [7, 11) is 1.64. The molecule has 1 aliphatic rings. The molecule has 1 aromatic carbocycles. The molecule has 0 radical (unpaired) electrons. The maximum Gasteiger partial charge on any atom is 0.178 e. The van der Waals surface area contributed by atoms with Gasteiger partial charge in [0.1, 0.15) is 5.82 Å². The Morgan fingerprint density at radius 2 is 2.25 bits per heavy atom. The first-order valence-electron chi connectivity index (χ1n) is 4.43. The summed E-state index contributed by atoms with van der Waals surface area (Å²) in [6.45, 7) is 0. The van der Waals surface area contributed by atoms with E-state index in [1.807, 2.05) is 0 Å². The van der Waals surface area contributed by atoms with E-state index in [-0.39, 0.29) is 5.82 Å². The zero-order chi connectivity index (χ0) is 11.7. The first kappa shape index (κ1) is 11.2. The molecule has 0 spiro atoms. The van der Waals surface area contributed by atoms with E-state index in [4.69, 9.17) is 4.94 Å². The van der Waals surface area contributed by atoms with Crippen LogP contribution in [-0.4, -0.2) is 17.5 Å². The van der Waals surface area contributed by atoms with Crippen molar-refractivity contribution in [3.05, 3.63) is 40.5 Å². The highest BCUT2D eigenvalue weighted by molar-refractivity contribution is 9.10. The van der Waals surface area contributed by atoms with Crippen LogP contribution in [-0.2, 0) is 4.94 Å². The lowest BCUT2D eigenvalue weighted by Gasteiger charge is -2.15. The highest BCUT2D eigenvalue weighted by atomic mass is 79.9. The number of nitrogens with one attached hydrogen (secondary N) is 1. The van der Waals surface area contributed by atoms with Crippen molar-refractivity contribution in [1.29, 1.82) is 0 Å². The predicted octanol–water partition coefficient (Wildman–Crippen LogP) is 1.96. The van der Waals surface area contributed by atoms with Crippen LogP contribution < -0.4 is 10.4 Å². The SMILES string of the molecule is CNC1=CN(c2ccc(F)c(Br)c2)ON1O. The largest absolute Gasteiger partial charge is 0.370 e. The third-order valence-electron chi connectivity index (χ3n) is 2.02. The third kappa shape index (κ3) is 1.97. The van der Waals surface area contributed by atoms with Gasteiger partial charge in [0.2, 0.25) is 0 Å². The molecule has 0 aromatic heterocycles. The molecular formula is C9H9BrFN3O2. The van der Waals surface area contributed by atoms with Crippen molar-refractivity contribution in [2.24, 2.45) is 0 Å². The van der Waals surface area contributed by atoms with E-state index in [9.17, 15) is 9.60 Å². The minimum absolute atomic E-state index is 0.324. The van der Waals surface area contributed by atoms with Gasteiger partial charge in [0.15, 0.2) is 5.82 Å². The lowest BCUT2D eigenvalue weighted by Crippen LogP contribution is -2.24. The molecule has 1 heterocycles. The fraction of sp³-hybridized carbons (Fsp3) is 0.111. The molecule has 0 aliphatic carbocycles. The minimum Gasteiger partial charge on any atom is -0.370 e. The number of rotatable bonds is 2. The Balaban J connectivity index is 2.26. The highest BCUT2D eigenvalue weighted by Crippen LogP contribution is 2.26. The Hall–Kier alpha value is -1.31. The Morgan fingerprint density at radius 3 is 2.81 bits per heavy atom. The van der Waals surface area contributed by atoms with Crippen LogP contribution in [0.3, 0.4) is 0 Å². The van der Waals surface area contributed by atoms with Crippen molar-refractivity contribution in [3.63, 3.8) is 0 Å². The second kappa shape index (κ2) is 4.28. The van der Waals surface area contributed by atoms with Crippen LogP contribution in [0.2, 0.25) is 0 Å². The van der Waals surface area contributed by atoms with Crippen LogP contribution >= 0.6 is 15.9 Å². The highest BCUT2D eigenvalue weighted by Gasteiger charge is 2.22. The third-order valence-corrected chi connectivity index (χ3v) is 2.63. The quantitative estimate of drug-likeness (QED) is 0.872. The number of nitrogens with zero attached hydrogens (tertiary/aromatic N) is 2. The zero-order valence-electron chi connectivity index (χ0n) is 8.32. The van der Waals surface area contributed by atoms with Gasteiger partial charge in [0.25, 0.3) is 0 Å². The van der Waals surface area contributed by atoms with E-state index in [2.05, 4.69) is 21.2 Å². The summed E-state index contributed by atoms with van der Waals surface area (Å²) >= 11 is 3.07. The molecule has 0 unspecified atom stereocenters. The van der Waals surface area contributed by atoms with Crippen molar-refractivity contribution in [2.45, 2.75) is 0 Å². The number of halogens is 2. The van der Waals surface area contributed by atoms with Gasteiger partial charge < -0.3 is 5.32 Å². The summed E-state index contributed by atoms with van der Waals surface area (Å²) in [4.78, 5) is 4.97. The van der Waals surface area contributed by atoms with Gasteiger partial charge in [0.05, 0.1) is 16.4 Å². The first-order chi connectivity index (χ1) is 7.61. The summed E-state index contributed by atoms with van der Waals surface area (Å²) in [5.41, 5.74) is 0.581. The number of hydroxylamine groups is 3. The van der Waals surface area contributed by atoms with Crippen molar-refractivity contribution in [3.8, 4) is 0 Å². The lowest BCUT2D eigenvalue weighted by atomic mass is 10.3. The molecule has 0 saturated carbocycles. The number of hydrogen-bond acceptors (Lipinski definition) is 5. The first-order valence-corrected chi connectivity index (χ1v) is 5.22. The molecule has 7 heteroatoms. The molecule has 5 nitrogen and oxygen atoms in total. The summed E-state index contributed by atoms with van der Waals surface area (Å²) in [6.07, 6.45) is 1.53. The number of anilines is 1. The van der Waals surface area contributed by atoms with Gasteiger partial charge in [-0.05, 0) is 34.1 Å². The molecule has 0 fully saturated rings. The molecule has 0 saturated heterocycles. The van der Waals surface area contributed by atoms with Crippen LogP contribution in [0.25, 0.3) is 0 Å². The number of benzene rings is 1. The molecule has 86 valence electrons. The van der Waals surface area contributed by atoms with Crippen LogP contribution in [0.15, 0.2) is 34.7 Å². The van der Waals surface area contributed by atoms with Crippen molar-refractivity contribution in [1.82, 2.24) is 10.5 Å². The molecule has 0 bridgehead atoms. The summed E-state index contributed by atoms with van der Waals surface area (Å²) < 4.78 is 13.3. The van der Waals surface area contributed by atoms with Gasteiger partial charge >= 0.3 is 0 Å². The van der Waals surface area contributed by atoms with Gasteiger partial charge in [-0.25, -0.2) is 4.39 Å². The normalized spacial score (nSPS) is 15.4. The fourth-order valence-electron chi connectivity index (χ4n) is 1.22. The zero-order valence-corrected chi connectivity index (χ0v) is 9.90. The lowest BCUT2D eigenvalue weighted by molar-refractivity contribution is -0.306. The standard InChI is InChI=1S/C9H9BrFN3O2/c1-12-9-5-13(16-14(9)15)6-2-3-8(11)7(10)4-6/h2-5,12,15H,1H3. The smallest absolute Gasteiger partial charge is 0.178 e. The van der Waals surface area contributed by atoms with Crippen LogP contribution in [0, 0.1) is 5.82 Å². The van der Waals surface area contributed by atoms with Gasteiger partial charge in [-0.15, -0.1) is 4.94 Å². The van der Waals surface area contributed by atoms with E-state index in [0.717, 1.165) is 0 Å². The topological polar surface area (TPSA) is 48.0 Å². The minimum atomic E-state index is -0.360.